The van der Waals surface area contributed by atoms with Crippen molar-refractivity contribution in [3.8, 4) is 0 Å². The third-order valence-electron chi connectivity index (χ3n) is 2.90. The van der Waals surface area contributed by atoms with Gasteiger partial charge in [-0.2, -0.15) is 0 Å². The van der Waals surface area contributed by atoms with Crippen LogP contribution in [0.1, 0.15) is 27.9 Å². The van der Waals surface area contributed by atoms with Crippen molar-refractivity contribution in [2.45, 2.75) is 20.4 Å². The maximum absolute atomic E-state index is 13.5. The summed E-state index contributed by atoms with van der Waals surface area (Å²) in [6.45, 7) is 3.78. The van der Waals surface area contributed by atoms with Gasteiger partial charge < -0.3 is 10.6 Å². The molecule has 2 N–H and O–H groups in total. The van der Waals surface area contributed by atoms with Crippen molar-refractivity contribution in [1.29, 1.82) is 0 Å². The highest BCUT2D eigenvalue weighted by atomic mass is 32.1. The highest BCUT2D eigenvalue weighted by molar-refractivity contribution is 7.17. The van der Waals surface area contributed by atoms with E-state index >= 15 is 0 Å². The average molecular weight is 329 g/mol. The molecule has 0 saturated heterocycles. The van der Waals surface area contributed by atoms with E-state index in [1.54, 1.807) is 6.92 Å². The Morgan fingerprint density at radius 2 is 1.95 bits per heavy atom. The molecule has 0 atom stereocenters. The second-order valence-electron chi connectivity index (χ2n) is 4.47. The zero-order valence-electron chi connectivity index (χ0n) is 12.0. The Hall–Kier alpha value is -2.09. The molecule has 8 heteroatoms. The molecule has 0 aliphatic rings. The van der Waals surface area contributed by atoms with Crippen LogP contribution in [0.2, 0.25) is 0 Å². The standard InChI is InChI=1S/C14H14F3N3OS/c1-3-18-14-20-7(2)12(22-14)13(21)19-6-8-9(15)4-5-10(16)11(8)17/h4-5H,3,6H2,1-2H3,(H,18,20)(H,19,21). The zero-order chi connectivity index (χ0) is 16.3. The maximum atomic E-state index is 13.5. The highest BCUT2D eigenvalue weighted by Gasteiger charge is 2.18. The molecule has 118 valence electrons. The van der Waals surface area contributed by atoms with Crippen LogP contribution in [0.4, 0.5) is 18.3 Å². The molecule has 0 fully saturated rings. The van der Waals surface area contributed by atoms with Gasteiger partial charge in [-0.1, -0.05) is 11.3 Å². The van der Waals surface area contributed by atoms with Gasteiger partial charge in [0.15, 0.2) is 16.8 Å². The van der Waals surface area contributed by atoms with Crippen LogP contribution in [-0.2, 0) is 6.54 Å². The first-order chi connectivity index (χ1) is 10.4. The van der Waals surface area contributed by atoms with Crippen LogP contribution in [0.25, 0.3) is 0 Å². The predicted molar refractivity (Wildman–Crippen MR) is 78.5 cm³/mol. The number of aryl methyl sites for hydroxylation is 1. The molecule has 0 radical (unpaired) electrons. The summed E-state index contributed by atoms with van der Waals surface area (Å²) in [6.07, 6.45) is 0. The van der Waals surface area contributed by atoms with Gasteiger partial charge in [-0.15, -0.1) is 0 Å². The maximum Gasteiger partial charge on any atom is 0.263 e. The number of aromatic nitrogens is 1. The SMILES string of the molecule is CCNc1nc(C)c(C(=O)NCc2c(F)ccc(F)c2F)s1. The number of hydrogen-bond donors (Lipinski definition) is 2. The molecule has 0 spiro atoms. The van der Waals surface area contributed by atoms with E-state index < -0.39 is 35.5 Å². The van der Waals surface area contributed by atoms with Gasteiger partial charge >= 0.3 is 0 Å². The predicted octanol–water partition coefficient (Wildman–Crippen LogP) is 3.23. The lowest BCUT2D eigenvalue weighted by Crippen LogP contribution is -2.24. The first-order valence-corrected chi connectivity index (χ1v) is 7.37. The number of nitrogens with one attached hydrogen (secondary N) is 2. The molecule has 1 aromatic carbocycles. The molecular weight excluding hydrogens is 315 g/mol. The van der Waals surface area contributed by atoms with Gasteiger partial charge in [0.05, 0.1) is 5.69 Å². The van der Waals surface area contributed by atoms with Crippen LogP contribution in [-0.4, -0.2) is 17.4 Å². The summed E-state index contributed by atoms with van der Waals surface area (Å²) < 4.78 is 40.1. The first-order valence-electron chi connectivity index (χ1n) is 6.55. The fourth-order valence-electron chi connectivity index (χ4n) is 1.81. The van der Waals surface area contributed by atoms with Crippen LogP contribution in [0.3, 0.4) is 0 Å². The van der Waals surface area contributed by atoms with Crippen molar-refractivity contribution in [2.75, 3.05) is 11.9 Å². The molecule has 0 aliphatic carbocycles. The second kappa shape index (κ2) is 6.78. The van der Waals surface area contributed by atoms with Gasteiger partial charge in [-0.25, -0.2) is 18.2 Å². The number of carbonyl (C=O) groups excluding carboxylic acids is 1. The van der Waals surface area contributed by atoms with E-state index in [1.807, 2.05) is 6.92 Å². The summed E-state index contributed by atoms with van der Waals surface area (Å²) in [6, 6.07) is 1.52. The van der Waals surface area contributed by atoms with Crippen LogP contribution in [0, 0.1) is 24.4 Å². The summed E-state index contributed by atoms with van der Waals surface area (Å²) in [5.41, 5.74) is 0.000983. The van der Waals surface area contributed by atoms with Crippen LogP contribution in [0.15, 0.2) is 12.1 Å². The summed E-state index contributed by atoms with van der Waals surface area (Å²) in [7, 11) is 0. The van der Waals surface area contributed by atoms with E-state index in [4.69, 9.17) is 0 Å². The number of anilines is 1. The first kappa shape index (κ1) is 16.3. The topological polar surface area (TPSA) is 54.0 Å². The molecule has 4 nitrogen and oxygen atoms in total. The minimum atomic E-state index is -1.30. The molecule has 1 aromatic heterocycles. The number of rotatable bonds is 5. The fourth-order valence-corrected chi connectivity index (χ4v) is 2.76. The Balaban J connectivity index is 2.12. The van der Waals surface area contributed by atoms with Crippen molar-refractivity contribution in [3.05, 3.63) is 45.7 Å². The summed E-state index contributed by atoms with van der Waals surface area (Å²) in [5, 5.41) is 5.95. The van der Waals surface area contributed by atoms with Crippen molar-refractivity contribution >= 4 is 22.4 Å². The van der Waals surface area contributed by atoms with Crippen molar-refractivity contribution < 1.29 is 18.0 Å². The summed E-state index contributed by atoms with van der Waals surface area (Å²) in [5.74, 6) is -3.88. The third kappa shape index (κ3) is 3.38. The normalized spacial score (nSPS) is 10.6. The average Bonchev–Trinajstić information content (AvgIpc) is 2.84. The Labute approximate surface area is 129 Å². The van der Waals surface area contributed by atoms with Crippen molar-refractivity contribution in [2.24, 2.45) is 0 Å². The summed E-state index contributed by atoms with van der Waals surface area (Å²) >= 11 is 1.14. The molecular formula is C14H14F3N3OS. The Bertz CT molecular complexity index is 703. The fraction of sp³-hybridized carbons (Fsp3) is 0.286. The summed E-state index contributed by atoms with van der Waals surface area (Å²) in [4.78, 5) is 16.6. The van der Waals surface area contributed by atoms with E-state index in [-0.39, 0.29) is 0 Å². The van der Waals surface area contributed by atoms with Gasteiger partial charge in [-0.05, 0) is 26.0 Å². The molecule has 2 rings (SSSR count). The zero-order valence-corrected chi connectivity index (χ0v) is 12.8. The van der Waals surface area contributed by atoms with Crippen LogP contribution in [0.5, 0.6) is 0 Å². The lowest BCUT2D eigenvalue weighted by atomic mass is 10.2. The molecule has 1 heterocycles. The molecule has 0 unspecified atom stereocenters. The number of halogens is 3. The van der Waals surface area contributed by atoms with Crippen molar-refractivity contribution in [1.82, 2.24) is 10.3 Å². The van der Waals surface area contributed by atoms with Gasteiger partial charge in [0.1, 0.15) is 10.7 Å². The minimum absolute atomic E-state index is 0.341. The lowest BCUT2D eigenvalue weighted by molar-refractivity contribution is 0.0953. The number of carbonyl (C=O) groups is 1. The Kier molecular flexibility index (Phi) is 5.02. The molecule has 2 aromatic rings. The molecule has 0 aliphatic heterocycles. The largest absolute Gasteiger partial charge is 0.362 e. The minimum Gasteiger partial charge on any atom is -0.362 e. The third-order valence-corrected chi connectivity index (χ3v) is 4.01. The Morgan fingerprint density at radius 1 is 1.27 bits per heavy atom. The molecule has 0 bridgehead atoms. The monoisotopic (exact) mass is 329 g/mol. The van der Waals surface area contributed by atoms with E-state index in [0.29, 0.717) is 28.3 Å². The molecule has 0 saturated carbocycles. The van der Waals surface area contributed by atoms with Gasteiger partial charge in [0.2, 0.25) is 0 Å². The van der Waals surface area contributed by atoms with Gasteiger partial charge in [0, 0.05) is 18.7 Å². The lowest BCUT2D eigenvalue weighted by Gasteiger charge is -2.07. The second-order valence-corrected chi connectivity index (χ2v) is 5.47. The number of thiazole rings is 1. The van der Waals surface area contributed by atoms with E-state index in [1.165, 1.54) is 0 Å². The highest BCUT2D eigenvalue weighted by Crippen LogP contribution is 2.22. The van der Waals surface area contributed by atoms with E-state index in [2.05, 4.69) is 15.6 Å². The smallest absolute Gasteiger partial charge is 0.263 e. The van der Waals surface area contributed by atoms with Crippen LogP contribution < -0.4 is 10.6 Å². The Morgan fingerprint density at radius 3 is 2.64 bits per heavy atom. The quantitative estimate of drug-likeness (QED) is 0.828. The van der Waals surface area contributed by atoms with Gasteiger partial charge in [0.25, 0.3) is 5.91 Å². The van der Waals surface area contributed by atoms with E-state index in [9.17, 15) is 18.0 Å². The number of benzene rings is 1. The van der Waals surface area contributed by atoms with Crippen LogP contribution >= 0.6 is 11.3 Å². The number of amides is 1. The van der Waals surface area contributed by atoms with Crippen molar-refractivity contribution in [3.63, 3.8) is 0 Å². The molecule has 1 amide bonds. The number of nitrogens with zero attached hydrogens (tertiary/aromatic N) is 1. The van der Waals surface area contributed by atoms with Gasteiger partial charge in [-0.3, -0.25) is 4.79 Å². The molecule has 22 heavy (non-hydrogen) atoms. The van der Waals surface area contributed by atoms with E-state index in [0.717, 1.165) is 17.4 Å². The number of hydrogen-bond acceptors (Lipinski definition) is 4.